The second-order valence-corrected chi connectivity index (χ2v) is 7.88. The number of nitrogens with zero attached hydrogens (tertiary/aromatic N) is 3. The number of carbonyl (C=O) groups is 1. The van der Waals surface area contributed by atoms with E-state index in [4.69, 9.17) is 9.31 Å². The average molecular weight is 346 g/mol. The molecule has 2 saturated heterocycles. The van der Waals surface area contributed by atoms with Crippen LogP contribution < -0.4 is 10.8 Å². The Hall–Kier alpha value is -1.67. The Bertz CT molecular complexity index is 619. The normalized spacial score (nSPS) is 25.1. The molecule has 2 aliphatic heterocycles. The Morgan fingerprint density at radius 3 is 2.40 bits per heavy atom. The first kappa shape index (κ1) is 18.1. The minimum Gasteiger partial charge on any atom is -0.399 e. The van der Waals surface area contributed by atoms with Crippen molar-refractivity contribution < 1.29 is 14.1 Å². The number of hydrogen-bond donors (Lipinski definition) is 1. The smallest absolute Gasteiger partial charge is 0.399 e. The summed E-state index contributed by atoms with van der Waals surface area (Å²) in [5, 5.41) is 3.32. The third-order valence-corrected chi connectivity index (χ3v) is 5.40. The molecule has 1 aromatic heterocycles. The highest BCUT2D eigenvalue weighted by Crippen LogP contribution is 2.36. The van der Waals surface area contributed by atoms with Gasteiger partial charge < -0.3 is 19.5 Å². The lowest BCUT2D eigenvalue weighted by molar-refractivity contribution is -0.129. The van der Waals surface area contributed by atoms with E-state index in [0.29, 0.717) is 12.5 Å². The first-order chi connectivity index (χ1) is 11.7. The van der Waals surface area contributed by atoms with Crippen LogP contribution in [0.25, 0.3) is 0 Å². The van der Waals surface area contributed by atoms with Crippen molar-refractivity contribution in [3.05, 3.63) is 12.4 Å². The molecule has 0 bridgehead atoms. The zero-order valence-electron chi connectivity index (χ0n) is 15.7. The number of hydrogen-bond acceptors (Lipinski definition) is 6. The minimum absolute atomic E-state index is 0.114. The number of anilines is 1. The second kappa shape index (κ2) is 6.57. The number of aromatic nitrogens is 2. The van der Waals surface area contributed by atoms with Gasteiger partial charge in [0, 0.05) is 43.9 Å². The van der Waals surface area contributed by atoms with Crippen molar-refractivity contribution >= 4 is 24.4 Å². The van der Waals surface area contributed by atoms with Gasteiger partial charge in [-0.3, -0.25) is 4.79 Å². The summed E-state index contributed by atoms with van der Waals surface area (Å²) in [6.45, 7) is 11.2. The predicted octanol–water partition coefficient (Wildman–Crippen LogP) is 1.20. The van der Waals surface area contributed by atoms with Gasteiger partial charge in [0.25, 0.3) is 0 Å². The van der Waals surface area contributed by atoms with Gasteiger partial charge in [0.1, 0.15) is 0 Å². The van der Waals surface area contributed by atoms with Crippen molar-refractivity contribution in [1.82, 2.24) is 14.9 Å². The fourth-order valence-electron chi connectivity index (χ4n) is 3.08. The number of nitrogens with one attached hydrogen (secondary N) is 1. The van der Waals surface area contributed by atoms with Crippen molar-refractivity contribution in [1.29, 1.82) is 0 Å². The zero-order valence-corrected chi connectivity index (χ0v) is 15.7. The summed E-state index contributed by atoms with van der Waals surface area (Å²) in [7, 11) is -0.457. The molecule has 3 rings (SSSR count). The zero-order chi connectivity index (χ0) is 18.2. The van der Waals surface area contributed by atoms with E-state index in [1.54, 1.807) is 19.3 Å². The van der Waals surface area contributed by atoms with E-state index in [2.05, 4.69) is 15.3 Å². The third kappa shape index (κ3) is 3.79. The highest BCUT2D eigenvalue weighted by atomic mass is 16.7. The van der Waals surface area contributed by atoms with Gasteiger partial charge in [0.05, 0.1) is 11.2 Å². The summed E-state index contributed by atoms with van der Waals surface area (Å²) in [6, 6.07) is 0.181. The summed E-state index contributed by atoms with van der Waals surface area (Å²) in [5.74, 6) is 0.680. The molecular weight excluding hydrogens is 319 g/mol. The van der Waals surface area contributed by atoms with Crippen LogP contribution in [0.5, 0.6) is 0 Å². The molecule has 2 fully saturated rings. The summed E-state index contributed by atoms with van der Waals surface area (Å²) >= 11 is 0. The fraction of sp³-hybridized carbons (Fsp3) is 0.706. The molecule has 3 heterocycles. The first-order valence-corrected chi connectivity index (χ1v) is 8.87. The van der Waals surface area contributed by atoms with Crippen molar-refractivity contribution in [2.75, 3.05) is 18.4 Å². The molecule has 0 aromatic carbocycles. The molecular formula is C17H27BN4O3. The lowest BCUT2D eigenvalue weighted by Gasteiger charge is -2.32. The standard InChI is InChI=1S/C17H27BN4O3/c1-12(23)22-8-6-7-14(11-22)21-15-19-9-13(10-20-15)18-24-16(2,3)17(4,5)25-18/h9-10,14H,6-8,11H2,1-5H3,(H,19,20,21)/t14-/m0/s1. The minimum atomic E-state index is -0.457. The highest BCUT2D eigenvalue weighted by molar-refractivity contribution is 6.61. The maximum absolute atomic E-state index is 11.5. The average Bonchev–Trinajstić information content (AvgIpc) is 2.76. The lowest BCUT2D eigenvalue weighted by atomic mass is 9.81. The van der Waals surface area contributed by atoms with Crippen LogP contribution in [0.1, 0.15) is 47.5 Å². The number of piperidine rings is 1. The van der Waals surface area contributed by atoms with Crippen molar-refractivity contribution in [3.8, 4) is 0 Å². The second-order valence-electron chi connectivity index (χ2n) is 7.88. The van der Waals surface area contributed by atoms with Gasteiger partial charge in [-0.15, -0.1) is 0 Å². The molecule has 1 atom stereocenters. The van der Waals surface area contributed by atoms with Crippen molar-refractivity contribution in [3.63, 3.8) is 0 Å². The van der Waals surface area contributed by atoms with Gasteiger partial charge in [-0.05, 0) is 40.5 Å². The quantitative estimate of drug-likeness (QED) is 0.829. The van der Waals surface area contributed by atoms with E-state index in [0.717, 1.165) is 24.8 Å². The number of amides is 1. The molecule has 0 unspecified atom stereocenters. The maximum atomic E-state index is 11.5. The molecule has 2 aliphatic rings. The van der Waals surface area contributed by atoms with Crippen LogP contribution in [0.15, 0.2) is 12.4 Å². The Kier molecular flexibility index (Phi) is 4.77. The van der Waals surface area contributed by atoms with E-state index in [1.165, 1.54) is 0 Å². The Morgan fingerprint density at radius 2 is 1.84 bits per heavy atom. The Labute approximate surface area is 149 Å². The van der Waals surface area contributed by atoms with Crippen LogP contribution in [0, 0.1) is 0 Å². The van der Waals surface area contributed by atoms with Gasteiger partial charge in [-0.2, -0.15) is 0 Å². The molecule has 0 saturated carbocycles. The van der Waals surface area contributed by atoms with Crippen molar-refractivity contribution in [2.24, 2.45) is 0 Å². The van der Waals surface area contributed by atoms with Gasteiger partial charge in [-0.1, -0.05) is 0 Å². The largest absolute Gasteiger partial charge is 0.498 e. The van der Waals surface area contributed by atoms with Crippen LogP contribution in [0.4, 0.5) is 5.95 Å². The molecule has 136 valence electrons. The van der Waals surface area contributed by atoms with E-state index < -0.39 is 7.12 Å². The van der Waals surface area contributed by atoms with E-state index in [9.17, 15) is 4.79 Å². The molecule has 1 amide bonds. The van der Waals surface area contributed by atoms with Crippen molar-refractivity contribution in [2.45, 2.75) is 64.7 Å². The summed E-state index contributed by atoms with van der Waals surface area (Å²) in [4.78, 5) is 22.2. The van der Waals surface area contributed by atoms with Gasteiger partial charge in [-0.25, -0.2) is 9.97 Å². The third-order valence-electron chi connectivity index (χ3n) is 5.40. The van der Waals surface area contributed by atoms with E-state index in [1.807, 2.05) is 32.6 Å². The molecule has 7 nitrogen and oxygen atoms in total. The van der Waals surface area contributed by atoms with Crippen LogP contribution in [0.2, 0.25) is 0 Å². The number of likely N-dealkylation sites (tertiary alicyclic amines) is 1. The van der Waals surface area contributed by atoms with Gasteiger partial charge in [0.15, 0.2) is 0 Å². The molecule has 1 N–H and O–H groups in total. The number of carbonyl (C=O) groups excluding carboxylic acids is 1. The SMILES string of the molecule is CC(=O)N1CCC[C@H](Nc2ncc(B3OC(C)(C)C(C)(C)O3)cn2)C1. The van der Waals surface area contributed by atoms with Crippen LogP contribution in [-0.2, 0) is 14.1 Å². The molecule has 25 heavy (non-hydrogen) atoms. The Balaban J connectivity index is 1.62. The van der Waals surface area contributed by atoms with E-state index in [-0.39, 0.29) is 23.2 Å². The summed E-state index contributed by atoms with van der Waals surface area (Å²) in [6.07, 6.45) is 5.47. The van der Waals surface area contributed by atoms with E-state index >= 15 is 0 Å². The van der Waals surface area contributed by atoms with Crippen LogP contribution in [0.3, 0.4) is 0 Å². The molecule has 0 radical (unpaired) electrons. The molecule has 0 spiro atoms. The predicted molar refractivity (Wildman–Crippen MR) is 96.6 cm³/mol. The van der Waals surface area contributed by atoms with Crippen LogP contribution in [-0.4, -0.2) is 58.2 Å². The highest BCUT2D eigenvalue weighted by Gasteiger charge is 2.51. The Morgan fingerprint density at radius 1 is 1.24 bits per heavy atom. The summed E-state index contributed by atoms with van der Waals surface area (Å²) in [5.41, 5.74) is 0.0397. The lowest BCUT2D eigenvalue weighted by Crippen LogP contribution is -2.44. The van der Waals surface area contributed by atoms with Gasteiger partial charge in [0.2, 0.25) is 11.9 Å². The fourth-order valence-corrected chi connectivity index (χ4v) is 3.08. The monoisotopic (exact) mass is 346 g/mol. The topological polar surface area (TPSA) is 76.6 Å². The maximum Gasteiger partial charge on any atom is 0.498 e. The number of rotatable bonds is 3. The summed E-state index contributed by atoms with van der Waals surface area (Å²) < 4.78 is 12.0. The first-order valence-electron chi connectivity index (χ1n) is 8.87. The van der Waals surface area contributed by atoms with Crippen LogP contribution >= 0.6 is 0 Å². The van der Waals surface area contributed by atoms with Gasteiger partial charge >= 0.3 is 7.12 Å². The molecule has 0 aliphatic carbocycles. The molecule has 1 aromatic rings. The molecule has 8 heteroatoms.